The first-order chi connectivity index (χ1) is 19.5. The maximum absolute atomic E-state index is 13.9. The van der Waals surface area contributed by atoms with Gasteiger partial charge in [0.2, 0.25) is 0 Å². The van der Waals surface area contributed by atoms with Gasteiger partial charge in [-0.15, -0.1) is 12.4 Å². The van der Waals surface area contributed by atoms with Crippen molar-refractivity contribution in [3.05, 3.63) is 70.4 Å². The molecule has 0 radical (unpaired) electrons. The van der Waals surface area contributed by atoms with Crippen molar-refractivity contribution >= 4 is 35.2 Å². The normalized spacial score (nSPS) is 18.9. The number of urea groups is 1. The van der Waals surface area contributed by atoms with Gasteiger partial charge in [0.15, 0.2) is 0 Å². The lowest BCUT2D eigenvalue weighted by molar-refractivity contribution is 0.0361. The quantitative estimate of drug-likeness (QED) is 0.482. The topological polar surface area (TPSA) is 72.1 Å². The number of likely N-dealkylation sites (tertiary alicyclic amines) is 1. The van der Waals surface area contributed by atoms with Gasteiger partial charge in [-0.05, 0) is 68.5 Å². The number of rotatable bonds is 4. The average molecular weight is 580 g/mol. The van der Waals surface area contributed by atoms with E-state index in [1.165, 1.54) is 16.7 Å². The van der Waals surface area contributed by atoms with E-state index in [0.717, 1.165) is 48.9 Å². The number of nitrogens with zero attached hydrogens (tertiary/aromatic N) is 4. The molecular formula is C32H42ClN5O3. The number of piperazine rings is 1. The average Bonchev–Trinajstić information content (AvgIpc) is 3.36. The number of aromatic nitrogens is 1. The summed E-state index contributed by atoms with van der Waals surface area (Å²) >= 11 is 0. The fraction of sp³-hybridized carbons (Fsp3) is 0.500. The number of carbonyl (C=O) groups excluding carboxylic acids is 2. The molecule has 3 aliphatic rings. The molecule has 3 aliphatic heterocycles. The van der Waals surface area contributed by atoms with Gasteiger partial charge in [-0.3, -0.25) is 9.69 Å². The van der Waals surface area contributed by atoms with Crippen molar-refractivity contribution in [3.8, 4) is 0 Å². The molecular weight excluding hydrogens is 538 g/mol. The summed E-state index contributed by atoms with van der Waals surface area (Å²) in [7, 11) is 0. The number of halogens is 1. The Morgan fingerprint density at radius 1 is 0.805 bits per heavy atom. The highest BCUT2D eigenvalue weighted by molar-refractivity contribution is 6.01. The third-order valence-corrected chi connectivity index (χ3v) is 9.07. The maximum Gasteiger partial charge on any atom is 0.320 e. The molecule has 3 amide bonds. The molecule has 2 aromatic carbocycles. The Hall–Kier alpha value is -3.07. The van der Waals surface area contributed by atoms with Crippen molar-refractivity contribution in [3.63, 3.8) is 0 Å². The molecule has 3 fully saturated rings. The SMILES string of the molecule is Cc1cccc(C)c1C1CCN(Cc2c(C(=O)N3CCN(C(=O)N4CCOCC4)CC3)[nH]c3ccccc23)CC1.Cl. The highest BCUT2D eigenvalue weighted by Crippen LogP contribution is 2.34. The lowest BCUT2D eigenvalue weighted by Crippen LogP contribution is -2.55. The van der Waals surface area contributed by atoms with Gasteiger partial charge in [0.05, 0.1) is 13.2 Å². The molecule has 0 atom stereocenters. The molecule has 3 aromatic rings. The van der Waals surface area contributed by atoms with Crippen LogP contribution in [0.4, 0.5) is 4.79 Å². The molecule has 1 N–H and O–H groups in total. The zero-order valence-electron chi connectivity index (χ0n) is 24.2. The number of amides is 3. The van der Waals surface area contributed by atoms with Gasteiger partial charge in [-0.25, -0.2) is 4.79 Å². The van der Waals surface area contributed by atoms with Gasteiger partial charge in [0.25, 0.3) is 5.91 Å². The van der Waals surface area contributed by atoms with Crippen LogP contribution < -0.4 is 0 Å². The molecule has 0 bridgehead atoms. The van der Waals surface area contributed by atoms with Crippen LogP contribution in [0.5, 0.6) is 0 Å². The van der Waals surface area contributed by atoms with Crippen LogP contribution in [-0.4, -0.2) is 102 Å². The lowest BCUT2D eigenvalue weighted by Gasteiger charge is -2.38. The van der Waals surface area contributed by atoms with Crippen molar-refractivity contribution in [1.29, 1.82) is 0 Å². The summed E-state index contributed by atoms with van der Waals surface area (Å²) in [6.45, 7) is 11.9. The zero-order chi connectivity index (χ0) is 27.6. The van der Waals surface area contributed by atoms with Crippen LogP contribution in [0, 0.1) is 13.8 Å². The minimum atomic E-state index is 0. The minimum absolute atomic E-state index is 0. The van der Waals surface area contributed by atoms with Crippen LogP contribution in [0.15, 0.2) is 42.5 Å². The monoisotopic (exact) mass is 579 g/mol. The largest absolute Gasteiger partial charge is 0.378 e. The summed E-state index contributed by atoms with van der Waals surface area (Å²) < 4.78 is 5.39. The fourth-order valence-electron chi connectivity index (χ4n) is 6.84. The van der Waals surface area contributed by atoms with Crippen LogP contribution in [0.3, 0.4) is 0 Å². The molecule has 4 heterocycles. The van der Waals surface area contributed by atoms with E-state index in [0.29, 0.717) is 64.1 Å². The van der Waals surface area contributed by atoms with E-state index in [4.69, 9.17) is 4.74 Å². The number of H-pyrrole nitrogens is 1. The summed E-state index contributed by atoms with van der Waals surface area (Å²) in [6.07, 6.45) is 2.27. The molecule has 0 aliphatic carbocycles. The van der Waals surface area contributed by atoms with Crippen LogP contribution >= 0.6 is 12.4 Å². The second kappa shape index (κ2) is 12.8. The maximum atomic E-state index is 13.9. The smallest absolute Gasteiger partial charge is 0.320 e. The van der Waals surface area contributed by atoms with E-state index in [9.17, 15) is 9.59 Å². The first kappa shape index (κ1) is 29.4. The Morgan fingerprint density at radius 2 is 1.41 bits per heavy atom. The number of nitrogens with one attached hydrogen (secondary N) is 1. The molecule has 3 saturated heterocycles. The summed E-state index contributed by atoms with van der Waals surface area (Å²) in [4.78, 5) is 38.4. The first-order valence-corrected chi connectivity index (χ1v) is 14.8. The predicted molar refractivity (Wildman–Crippen MR) is 164 cm³/mol. The minimum Gasteiger partial charge on any atom is -0.378 e. The fourth-order valence-corrected chi connectivity index (χ4v) is 6.84. The summed E-state index contributed by atoms with van der Waals surface area (Å²) in [5.74, 6) is 0.632. The van der Waals surface area contributed by atoms with Gasteiger partial charge in [0, 0.05) is 62.3 Å². The number of fused-ring (bicyclic) bond motifs is 1. The Bertz CT molecular complexity index is 1350. The number of benzene rings is 2. The van der Waals surface area contributed by atoms with Gasteiger partial charge in [-0.2, -0.15) is 0 Å². The standard InChI is InChI=1S/C32H41N5O3.ClH/c1-23-6-5-7-24(2)29(23)25-10-12-34(13-11-25)22-27-26-8-3-4-9-28(26)33-30(27)31(38)35-14-16-36(17-15-35)32(39)37-18-20-40-21-19-37;/h3-9,25,33H,10-22H2,1-2H3;1H. The van der Waals surface area contributed by atoms with E-state index in [1.807, 2.05) is 20.8 Å². The molecule has 0 spiro atoms. The Labute approximate surface area is 249 Å². The van der Waals surface area contributed by atoms with Crippen molar-refractivity contribution in [2.75, 3.05) is 65.6 Å². The van der Waals surface area contributed by atoms with Gasteiger partial charge >= 0.3 is 6.03 Å². The molecule has 6 rings (SSSR count). The van der Waals surface area contributed by atoms with E-state index in [1.54, 1.807) is 0 Å². The van der Waals surface area contributed by atoms with Crippen LogP contribution in [0.1, 0.15) is 51.5 Å². The number of aromatic amines is 1. The van der Waals surface area contributed by atoms with Gasteiger partial charge < -0.3 is 24.4 Å². The molecule has 0 unspecified atom stereocenters. The van der Waals surface area contributed by atoms with Gasteiger partial charge in [0.1, 0.15) is 5.69 Å². The molecule has 0 saturated carbocycles. The van der Waals surface area contributed by atoms with E-state index in [2.05, 4.69) is 60.1 Å². The number of hydrogen-bond donors (Lipinski definition) is 1. The van der Waals surface area contributed by atoms with Crippen molar-refractivity contribution in [2.24, 2.45) is 0 Å². The van der Waals surface area contributed by atoms with Crippen LogP contribution in [-0.2, 0) is 11.3 Å². The van der Waals surface area contributed by atoms with Crippen molar-refractivity contribution in [2.45, 2.75) is 39.2 Å². The molecule has 41 heavy (non-hydrogen) atoms. The zero-order valence-corrected chi connectivity index (χ0v) is 25.0. The number of aryl methyl sites for hydroxylation is 2. The van der Waals surface area contributed by atoms with Crippen LogP contribution in [0.2, 0.25) is 0 Å². The number of morpholine rings is 1. The van der Waals surface area contributed by atoms with Crippen molar-refractivity contribution < 1.29 is 14.3 Å². The molecule has 9 heteroatoms. The summed E-state index contributed by atoms with van der Waals surface area (Å²) in [6, 6.07) is 14.9. The van der Waals surface area contributed by atoms with E-state index < -0.39 is 0 Å². The Kier molecular flexibility index (Phi) is 9.22. The Morgan fingerprint density at radius 3 is 2.10 bits per heavy atom. The van der Waals surface area contributed by atoms with Gasteiger partial charge in [-0.1, -0.05) is 36.4 Å². The predicted octanol–water partition coefficient (Wildman–Crippen LogP) is 4.80. The first-order valence-electron chi connectivity index (χ1n) is 14.8. The molecule has 1 aromatic heterocycles. The summed E-state index contributed by atoms with van der Waals surface area (Å²) in [5, 5.41) is 1.13. The third-order valence-electron chi connectivity index (χ3n) is 9.07. The molecule has 220 valence electrons. The van der Waals surface area contributed by atoms with E-state index in [-0.39, 0.29) is 24.3 Å². The highest BCUT2D eigenvalue weighted by atomic mass is 35.5. The Balaban J connectivity index is 0.00000337. The number of hydrogen-bond acceptors (Lipinski definition) is 4. The second-order valence-electron chi connectivity index (χ2n) is 11.5. The lowest BCUT2D eigenvalue weighted by atomic mass is 9.84. The van der Waals surface area contributed by atoms with E-state index >= 15 is 0 Å². The van der Waals surface area contributed by atoms with Crippen LogP contribution in [0.25, 0.3) is 10.9 Å². The second-order valence-corrected chi connectivity index (χ2v) is 11.5. The third kappa shape index (κ3) is 6.10. The van der Waals surface area contributed by atoms with Crippen molar-refractivity contribution in [1.82, 2.24) is 24.6 Å². The number of ether oxygens (including phenoxy) is 1. The number of carbonyl (C=O) groups is 2. The highest BCUT2D eigenvalue weighted by Gasteiger charge is 2.31. The number of para-hydroxylation sites is 1. The molecule has 8 nitrogen and oxygen atoms in total. The summed E-state index contributed by atoms with van der Waals surface area (Å²) in [5.41, 5.74) is 7.12. The number of piperidine rings is 1.